The van der Waals surface area contributed by atoms with E-state index in [1.54, 1.807) is 10.9 Å². The number of allylic oxidation sites excluding steroid dienone is 5. The van der Waals surface area contributed by atoms with Gasteiger partial charge in [0.25, 0.3) is 0 Å². The average molecular weight is 390 g/mol. The Kier molecular flexibility index (Phi) is 3.73. The van der Waals surface area contributed by atoms with Gasteiger partial charge in [-0.3, -0.25) is 0 Å². The minimum Gasteiger partial charge on any atom is -0.0804 e. The Bertz CT molecular complexity index is 1340. The van der Waals surface area contributed by atoms with Crippen LogP contribution >= 0.6 is 7.53 Å². The summed E-state index contributed by atoms with van der Waals surface area (Å²) in [6, 6.07) is 27.1. The standard InChI is InChI=1S/C28H23P/c1-18-15-16-21(19(18)2)28-22-10-4-3-9-20(22)17-27(28)29-25-13-7-5-11-23(25)24-12-6-8-14-26(24)29/h3-15,17,28H,16H2,1-2H3. The van der Waals surface area contributed by atoms with Crippen LogP contribution in [0, 0.1) is 0 Å². The first kappa shape index (κ1) is 17.1. The average Bonchev–Trinajstić information content (AvgIpc) is 3.39. The Morgan fingerprint density at radius 2 is 1.38 bits per heavy atom. The lowest BCUT2D eigenvalue weighted by Gasteiger charge is -2.21. The molecule has 0 aliphatic heterocycles. The summed E-state index contributed by atoms with van der Waals surface area (Å²) in [5.74, 6) is 0.408. The fourth-order valence-electron chi connectivity index (χ4n) is 5.22. The van der Waals surface area contributed by atoms with Crippen LogP contribution in [0.5, 0.6) is 0 Å². The lowest BCUT2D eigenvalue weighted by Crippen LogP contribution is -2.00. The van der Waals surface area contributed by atoms with Crippen LogP contribution in [0.4, 0.5) is 0 Å². The summed E-state index contributed by atoms with van der Waals surface area (Å²) < 4.78 is 0. The fraction of sp³-hybridized carbons (Fsp3) is 0.143. The monoisotopic (exact) mass is 390 g/mol. The topological polar surface area (TPSA) is 0 Å². The summed E-state index contributed by atoms with van der Waals surface area (Å²) in [4.78, 5) is 0. The molecule has 1 atom stereocenters. The predicted molar refractivity (Wildman–Crippen MR) is 129 cm³/mol. The minimum atomic E-state index is -0.509. The van der Waals surface area contributed by atoms with Crippen molar-refractivity contribution in [1.82, 2.24) is 0 Å². The van der Waals surface area contributed by atoms with Gasteiger partial charge in [-0.25, -0.2) is 0 Å². The van der Waals surface area contributed by atoms with E-state index in [0.29, 0.717) is 5.92 Å². The van der Waals surface area contributed by atoms with E-state index in [4.69, 9.17) is 0 Å². The minimum absolute atomic E-state index is 0.408. The third-order valence-electron chi connectivity index (χ3n) is 6.79. The molecule has 0 saturated heterocycles. The molecule has 4 aromatic rings. The van der Waals surface area contributed by atoms with Crippen LogP contribution in [-0.4, -0.2) is 0 Å². The molecule has 29 heavy (non-hydrogen) atoms. The van der Waals surface area contributed by atoms with Gasteiger partial charge in [0.15, 0.2) is 0 Å². The van der Waals surface area contributed by atoms with Crippen molar-refractivity contribution in [2.75, 3.05) is 0 Å². The van der Waals surface area contributed by atoms with Crippen molar-refractivity contribution < 1.29 is 0 Å². The molecule has 0 radical (unpaired) electrons. The molecule has 1 aromatic heterocycles. The van der Waals surface area contributed by atoms with E-state index in [1.807, 2.05) is 0 Å². The second kappa shape index (κ2) is 6.34. The Hall–Kier alpha value is -2.82. The van der Waals surface area contributed by atoms with Gasteiger partial charge in [-0.15, -0.1) is 0 Å². The summed E-state index contributed by atoms with van der Waals surface area (Å²) in [6.45, 7) is 4.58. The molecule has 0 amide bonds. The molecule has 0 fully saturated rings. The molecule has 2 aliphatic carbocycles. The fourth-order valence-corrected chi connectivity index (χ4v) is 8.20. The van der Waals surface area contributed by atoms with E-state index in [0.717, 1.165) is 6.42 Å². The van der Waals surface area contributed by atoms with Gasteiger partial charge in [0, 0.05) is 16.2 Å². The van der Waals surface area contributed by atoms with Crippen LogP contribution in [-0.2, 0) is 0 Å². The van der Waals surface area contributed by atoms with E-state index >= 15 is 0 Å². The number of hydrogen-bond acceptors (Lipinski definition) is 0. The maximum atomic E-state index is 2.51. The Morgan fingerprint density at radius 3 is 2.03 bits per heavy atom. The highest BCUT2D eigenvalue weighted by atomic mass is 31.1. The third-order valence-corrected chi connectivity index (χ3v) is 9.44. The summed E-state index contributed by atoms with van der Waals surface area (Å²) in [5.41, 5.74) is 7.44. The molecule has 1 heterocycles. The van der Waals surface area contributed by atoms with Gasteiger partial charge in [-0.05, 0) is 59.1 Å². The molecule has 1 unspecified atom stereocenters. The molecule has 6 rings (SSSR count). The number of rotatable bonds is 2. The predicted octanol–water partition coefficient (Wildman–Crippen LogP) is 8.74. The van der Waals surface area contributed by atoms with Crippen LogP contribution in [0.15, 0.2) is 95.6 Å². The van der Waals surface area contributed by atoms with Crippen molar-refractivity contribution in [1.29, 1.82) is 0 Å². The van der Waals surface area contributed by atoms with Crippen molar-refractivity contribution >= 4 is 39.9 Å². The van der Waals surface area contributed by atoms with Gasteiger partial charge >= 0.3 is 0 Å². The van der Waals surface area contributed by atoms with E-state index in [9.17, 15) is 0 Å². The first-order valence-electron chi connectivity index (χ1n) is 10.4. The molecule has 0 saturated carbocycles. The van der Waals surface area contributed by atoms with Crippen LogP contribution in [0.1, 0.15) is 37.3 Å². The van der Waals surface area contributed by atoms with E-state index in [2.05, 4.69) is 98.8 Å². The van der Waals surface area contributed by atoms with Crippen LogP contribution in [0.2, 0.25) is 0 Å². The van der Waals surface area contributed by atoms with Crippen LogP contribution in [0.25, 0.3) is 32.4 Å². The zero-order chi connectivity index (χ0) is 19.5. The molecule has 0 nitrogen and oxygen atoms in total. The zero-order valence-electron chi connectivity index (χ0n) is 16.8. The van der Waals surface area contributed by atoms with Gasteiger partial charge in [0.05, 0.1) is 0 Å². The maximum absolute atomic E-state index is 2.51. The third kappa shape index (κ3) is 2.39. The van der Waals surface area contributed by atoms with Gasteiger partial charge < -0.3 is 0 Å². The maximum Gasteiger partial charge on any atom is 0.0354 e. The SMILES string of the molecule is CC1=CCC(C2C(p3c4ccccc4c4ccccc43)=Cc3ccccc32)=C1C. The molecular formula is C28H23P. The van der Waals surface area contributed by atoms with Crippen LogP contribution < -0.4 is 0 Å². The second-order valence-electron chi connectivity index (χ2n) is 8.24. The molecular weight excluding hydrogens is 367 g/mol. The Morgan fingerprint density at radius 1 is 0.759 bits per heavy atom. The highest BCUT2D eigenvalue weighted by molar-refractivity contribution is 7.71. The van der Waals surface area contributed by atoms with Gasteiger partial charge in [0.1, 0.15) is 0 Å². The van der Waals surface area contributed by atoms with Gasteiger partial charge in [0.2, 0.25) is 0 Å². The summed E-state index contributed by atoms with van der Waals surface area (Å²) in [6.07, 6.45) is 6.01. The summed E-state index contributed by atoms with van der Waals surface area (Å²) in [7, 11) is -0.509. The first-order valence-corrected chi connectivity index (χ1v) is 11.7. The summed E-state index contributed by atoms with van der Waals surface area (Å²) >= 11 is 0. The summed E-state index contributed by atoms with van der Waals surface area (Å²) in [5, 5.41) is 7.51. The zero-order valence-corrected chi connectivity index (χ0v) is 17.7. The number of hydrogen-bond donors (Lipinski definition) is 0. The van der Waals surface area contributed by atoms with Gasteiger partial charge in [-0.1, -0.05) is 97.6 Å². The number of fused-ring (bicyclic) bond motifs is 4. The van der Waals surface area contributed by atoms with Gasteiger partial charge in [-0.2, -0.15) is 0 Å². The van der Waals surface area contributed by atoms with Crippen molar-refractivity contribution in [2.24, 2.45) is 0 Å². The lowest BCUT2D eigenvalue weighted by molar-refractivity contribution is 0.989. The van der Waals surface area contributed by atoms with Crippen molar-refractivity contribution in [3.63, 3.8) is 0 Å². The largest absolute Gasteiger partial charge is 0.0804 e. The first-order chi connectivity index (χ1) is 14.2. The highest BCUT2D eigenvalue weighted by Gasteiger charge is 2.33. The molecule has 0 bridgehead atoms. The second-order valence-corrected chi connectivity index (χ2v) is 10.4. The number of benzene rings is 3. The van der Waals surface area contributed by atoms with Crippen molar-refractivity contribution in [3.05, 3.63) is 107 Å². The highest BCUT2D eigenvalue weighted by Crippen LogP contribution is 2.64. The van der Waals surface area contributed by atoms with Crippen molar-refractivity contribution in [2.45, 2.75) is 26.2 Å². The molecule has 140 valence electrons. The molecule has 1 heteroatoms. The quantitative estimate of drug-likeness (QED) is 0.321. The van der Waals surface area contributed by atoms with E-state index in [-0.39, 0.29) is 0 Å². The Balaban J connectivity index is 1.68. The lowest BCUT2D eigenvalue weighted by atomic mass is 9.89. The smallest absolute Gasteiger partial charge is 0.0354 e. The van der Waals surface area contributed by atoms with Crippen LogP contribution in [0.3, 0.4) is 0 Å². The normalized spacial score (nSPS) is 18.5. The Labute approximate surface area is 172 Å². The molecule has 3 aromatic carbocycles. The van der Waals surface area contributed by atoms with Crippen molar-refractivity contribution in [3.8, 4) is 0 Å². The molecule has 2 aliphatic rings. The van der Waals surface area contributed by atoms with E-state index < -0.39 is 7.53 Å². The molecule has 0 spiro atoms. The van der Waals surface area contributed by atoms with E-state index in [1.165, 1.54) is 43.3 Å². The molecule has 0 N–H and O–H groups in total.